The molecule has 0 saturated carbocycles. The van der Waals surface area contributed by atoms with E-state index in [1.54, 1.807) is 19.1 Å². The monoisotopic (exact) mass is 455 g/mol. The van der Waals surface area contributed by atoms with E-state index in [2.05, 4.69) is 11.0 Å². The van der Waals surface area contributed by atoms with Gasteiger partial charge in [0.15, 0.2) is 5.13 Å². The molecule has 0 spiro atoms. The minimum absolute atomic E-state index is 0.0286. The third kappa shape index (κ3) is 5.03. The molecule has 2 heterocycles. The van der Waals surface area contributed by atoms with Gasteiger partial charge in [0, 0.05) is 26.2 Å². The Kier molecular flexibility index (Phi) is 7.24. The Morgan fingerprint density at radius 1 is 1.16 bits per heavy atom. The van der Waals surface area contributed by atoms with Crippen LogP contribution >= 0.6 is 11.3 Å². The molecule has 0 radical (unpaired) electrons. The smallest absolute Gasteiger partial charge is 0.233 e. The summed E-state index contributed by atoms with van der Waals surface area (Å²) in [6, 6.07) is 11.8. The van der Waals surface area contributed by atoms with Crippen LogP contribution in [0.4, 0.5) is 5.13 Å². The van der Waals surface area contributed by atoms with E-state index in [-0.39, 0.29) is 5.91 Å². The number of carbonyl (C=O) groups is 1. The van der Waals surface area contributed by atoms with Gasteiger partial charge < -0.3 is 14.2 Å². The predicted molar refractivity (Wildman–Crippen MR) is 127 cm³/mol. The van der Waals surface area contributed by atoms with Crippen LogP contribution in [0.15, 0.2) is 36.4 Å². The fraction of sp³-hybridized carbons (Fsp3) is 0.417. The lowest BCUT2D eigenvalue weighted by atomic mass is 10.1. The van der Waals surface area contributed by atoms with Gasteiger partial charge in [-0.2, -0.15) is 0 Å². The van der Waals surface area contributed by atoms with Gasteiger partial charge in [-0.05, 0) is 24.6 Å². The third-order valence-corrected chi connectivity index (χ3v) is 6.71. The molecule has 0 bridgehead atoms. The molecule has 0 aliphatic carbocycles. The predicted octanol–water partition coefficient (Wildman–Crippen LogP) is 3.53. The van der Waals surface area contributed by atoms with Gasteiger partial charge in [0.25, 0.3) is 0 Å². The number of thiazole rings is 1. The van der Waals surface area contributed by atoms with Gasteiger partial charge in [-0.1, -0.05) is 41.2 Å². The van der Waals surface area contributed by atoms with E-state index in [4.69, 9.17) is 19.2 Å². The summed E-state index contributed by atoms with van der Waals surface area (Å²) < 4.78 is 17.4. The Morgan fingerprint density at radius 2 is 1.91 bits per heavy atom. The van der Waals surface area contributed by atoms with Gasteiger partial charge in [0.1, 0.15) is 21.7 Å². The van der Waals surface area contributed by atoms with Crippen molar-refractivity contribution in [3.63, 3.8) is 0 Å². The molecule has 0 atom stereocenters. The molecular weight excluding hydrogens is 426 g/mol. The van der Waals surface area contributed by atoms with Crippen LogP contribution in [0.5, 0.6) is 11.5 Å². The Bertz CT molecular complexity index is 1040. The Labute approximate surface area is 192 Å². The molecule has 2 aromatic carbocycles. The summed E-state index contributed by atoms with van der Waals surface area (Å²) in [5.74, 6) is 1.42. The summed E-state index contributed by atoms with van der Waals surface area (Å²) in [6.45, 7) is 6.58. The second kappa shape index (κ2) is 10.3. The second-order valence-corrected chi connectivity index (χ2v) is 8.79. The van der Waals surface area contributed by atoms with Crippen molar-refractivity contribution in [1.29, 1.82) is 0 Å². The highest BCUT2D eigenvalue weighted by Gasteiger charge is 2.24. The van der Waals surface area contributed by atoms with Crippen LogP contribution in [-0.4, -0.2) is 69.4 Å². The van der Waals surface area contributed by atoms with Crippen LogP contribution < -0.4 is 14.4 Å². The lowest BCUT2D eigenvalue weighted by Crippen LogP contribution is -2.43. The number of hydrogen-bond acceptors (Lipinski definition) is 7. The lowest BCUT2D eigenvalue weighted by Gasteiger charge is -2.29. The standard InChI is InChI=1S/C24H29N3O4S/c1-17-5-4-6-18(15-17)16-21(28)27(10-9-26-11-13-31-14-12-26)24-25-22-19(29-2)7-8-20(30-3)23(22)32-24/h4-8,15H,9-14,16H2,1-3H3. The van der Waals surface area contributed by atoms with Crippen molar-refractivity contribution in [2.75, 3.05) is 58.5 Å². The second-order valence-electron chi connectivity index (χ2n) is 7.81. The van der Waals surface area contributed by atoms with Gasteiger partial charge in [0.2, 0.25) is 5.91 Å². The zero-order valence-corrected chi connectivity index (χ0v) is 19.6. The van der Waals surface area contributed by atoms with Gasteiger partial charge in [-0.25, -0.2) is 4.98 Å². The van der Waals surface area contributed by atoms with Gasteiger partial charge >= 0.3 is 0 Å². The van der Waals surface area contributed by atoms with Crippen LogP contribution in [0.3, 0.4) is 0 Å². The quantitative estimate of drug-likeness (QED) is 0.518. The molecule has 3 aromatic rings. The molecule has 0 N–H and O–H groups in total. The highest BCUT2D eigenvalue weighted by molar-refractivity contribution is 7.22. The fourth-order valence-electron chi connectivity index (χ4n) is 3.88. The summed E-state index contributed by atoms with van der Waals surface area (Å²) >= 11 is 1.46. The van der Waals surface area contributed by atoms with Crippen molar-refractivity contribution >= 4 is 32.6 Å². The summed E-state index contributed by atoms with van der Waals surface area (Å²) in [5.41, 5.74) is 2.86. The van der Waals surface area contributed by atoms with Crippen LogP contribution in [-0.2, 0) is 16.0 Å². The van der Waals surface area contributed by atoms with Crippen LogP contribution in [0.2, 0.25) is 0 Å². The highest BCUT2D eigenvalue weighted by atomic mass is 32.1. The maximum atomic E-state index is 13.5. The van der Waals surface area contributed by atoms with Crippen molar-refractivity contribution in [2.45, 2.75) is 13.3 Å². The van der Waals surface area contributed by atoms with Gasteiger partial charge in [0.05, 0.1) is 33.9 Å². The molecule has 1 saturated heterocycles. The maximum Gasteiger partial charge on any atom is 0.233 e. The molecule has 1 aliphatic rings. The minimum Gasteiger partial charge on any atom is -0.495 e. The van der Waals surface area contributed by atoms with Crippen LogP contribution in [0.25, 0.3) is 10.2 Å². The molecule has 170 valence electrons. The number of fused-ring (bicyclic) bond motifs is 1. The number of morpholine rings is 1. The van der Waals surface area contributed by atoms with Crippen LogP contribution in [0.1, 0.15) is 11.1 Å². The normalized spacial score (nSPS) is 14.5. The van der Waals surface area contributed by atoms with Crippen molar-refractivity contribution in [1.82, 2.24) is 9.88 Å². The number of aryl methyl sites for hydroxylation is 1. The van der Waals surface area contributed by atoms with E-state index in [1.165, 1.54) is 11.3 Å². The van der Waals surface area contributed by atoms with E-state index in [0.29, 0.717) is 29.4 Å². The van der Waals surface area contributed by atoms with Crippen LogP contribution in [0, 0.1) is 6.92 Å². The van der Waals surface area contributed by atoms with Crippen molar-refractivity contribution < 1.29 is 19.0 Å². The number of amides is 1. The molecule has 32 heavy (non-hydrogen) atoms. The van der Waals surface area contributed by atoms with E-state index < -0.39 is 0 Å². The number of aromatic nitrogens is 1. The highest BCUT2D eigenvalue weighted by Crippen LogP contribution is 2.40. The minimum atomic E-state index is 0.0286. The number of carbonyl (C=O) groups excluding carboxylic acids is 1. The molecule has 1 aromatic heterocycles. The topological polar surface area (TPSA) is 64.1 Å². The molecule has 7 nitrogen and oxygen atoms in total. The average Bonchev–Trinajstić information content (AvgIpc) is 3.24. The Morgan fingerprint density at radius 3 is 2.62 bits per heavy atom. The maximum absolute atomic E-state index is 13.5. The number of hydrogen-bond donors (Lipinski definition) is 0. The molecule has 1 amide bonds. The first-order chi connectivity index (χ1) is 15.6. The first-order valence-electron chi connectivity index (χ1n) is 10.8. The van der Waals surface area contributed by atoms with Crippen molar-refractivity contribution in [3.05, 3.63) is 47.5 Å². The van der Waals surface area contributed by atoms with E-state index >= 15 is 0 Å². The average molecular weight is 456 g/mol. The number of rotatable bonds is 8. The van der Waals surface area contributed by atoms with E-state index in [0.717, 1.165) is 54.4 Å². The van der Waals surface area contributed by atoms with Crippen molar-refractivity contribution in [3.8, 4) is 11.5 Å². The van der Waals surface area contributed by atoms with Gasteiger partial charge in [-0.3, -0.25) is 14.6 Å². The van der Waals surface area contributed by atoms with Gasteiger partial charge in [-0.15, -0.1) is 0 Å². The molecule has 0 unspecified atom stereocenters. The molecular formula is C24H29N3O4S. The fourth-order valence-corrected chi connectivity index (χ4v) is 4.99. The first-order valence-corrected chi connectivity index (χ1v) is 11.6. The van der Waals surface area contributed by atoms with E-state index in [1.807, 2.05) is 37.3 Å². The lowest BCUT2D eigenvalue weighted by molar-refractivity contribution is -0.118. The number of benzene rings is 2. The number of nitrogens with zero attached hydrogens (tertiary/aromatic N) is 3. The Hall–Kier alpha value is -2.68. The molecule has 8 heteroatoms. The zero-order chi connectivity index (χ0) is 22.5. The summed E-state index contributed by atoms with van der Waals surface area (Å²) in [4.78, 5) is 22.4. The molecule has 1 aliphatic heterocycles. The molecule has 1 fully saturated rings. The number of methoxy groups -OCH3 is 2. The van der Waals surface area contributed by atoms with E-state index in [9.17, 15) is 4.79 Å². The molecule has 4 rings (SSSR count). The summed E-state index contributed by atoms with van der Waals surface area (Å²) in [6.07, 6.45) is 0.328. The zero-order valence-electron chi connectivity index (χ0n) is 18.8. The third-order valence-electron chi connectivity index (χ3n) is 5.61. The Balaban J connectivity index is 1.65. The summed E-state index contributed by atoms with van der Waals surface area (Å²) in [7, 11) is 3.26. The number of ether oxygens (including phenoxy) is 3. The van der Waals surface area contributed by atoms with Crippen molar-refractivity contribution in [2.24, 2.45) is 0 Å². The summed E-state index contributed by atoms with van der Waals surface area (Å²) in [5, 5.41) is 0.661. The largest absolute Gasteiger partial charge is 0.495 e. The number of anilines is 1. The first kappa shape index (κ1) is 22.5. The SMILES string of the molecule is COc1ccc(OC)c2sc(N(CCN3CCOCC3)C(=O)Cc3cccc(C)c3)nc12.